The molecule has 0 aromatic heterocycles. The van der Waals surface area contributed by atoms with Gasteiger partial charge in [0.25, 0.3) is 0 Å². The van der Waals surface area contributed by atoms with Crippen molar-refractivity contribution in [2.75, 3.05) is 32.7 Å². The van der Waals surface area contributed by atoms with Crippen LogP contribution in [0.5, 0.6) is 0 Å². The Bertz CT molecular complexity index is 637. The fourth-order valence-electron chi connectivity index (χ4n) is 5.62. The predicted octanol–water partition coefficient (Wildman–Crippen LogP) is 4.46. The first kappa shape index (κ1) is 28.5. The van der Waals surface area contributed by atoms with E-state index in [2.05, 4.69) is 36.3 Å². The van der Waals surface area contributed by atoms with Crippen molar-refractivity contribution in [2.24, 2.45) is 16.8 Å². The number of ether oxygens (including phenoxy) is 1. The van der Waals surface area contributed by atoms with Gasteiger partial charge in [-0.3, -0.25) is 4.99 Å². The summed E-state index contributed by atoms with van der Waals surface area (Å²) in [5.74, 6) is 2.30. The highest BCUT2D eigenvalue weighted by Crippen LogP contribution is 2.36. The van der Waals surface area contributed by atoms with Crippen molar-refractivity contribution in [1.82, 2.24) is 20.4 Å². The van der Waals surface area contributed by atoms with Gasteiger partial charge in [0.15, 0.2) is 5.96 Å². The van der Waals surface area contributed by atoms with Crippen LogP contribution in [0.4, 0.5) is 4.79 Å². The third-order valence-corrected chi connectivity index (χ3v) is 6.76. The molecular weight excluding hydrogens is 529 g/mol. The number of likely N-dealkylation sites (tertiary alicyclic amines) is 1. The fraction of sp³-hybridized carbons (Fsp3) is 0.920. The van der Waals surface area contributed by atoms with Crippen molar-refractivity contribution in [3.05, 3.63) is 0 Å². The van der Waals surface area contributed by atoms with Crippen LogP contribution in [0.25, 0.3) is 0 Å². The van der Waals surface area contributed by atoms with E-state index in [0.717, 1.165) is 50.7 Å². The Balaban J connectivity index is 0.00000385. The van der Waals surface area contributed by atoms with Crippen LogP contribution < -0.4 is 10.6 Å². The van der Waals surface area contributed by atoms with Gasteiger partial charge in [-0.15, -0.1) is 24.0 Å². The lowest BCUT2D eigenvalue weighted by molar-refractivity contribution is 0.00545. The summed E-state index contributed by atoms with van der Waals surface area (Å²) in [6.07, 6.45) is 6.48. The maximum absolute atomic E-state index is 12.7. The standard InChI is InChI=1S/C25H47N5O2.HI/c1-7-26-23(27-15-19-9-8-12-29(17-19)16-18(2)3)28-20-13-21-10-11-22(14-20)30(21)24(31)32-25(4,5)6;/h18-22H,7-17H2,1-6H3,(H2,26,27,28);1H. The van der Waals surface area contributed by atoms with Crippen LogP contribution in [0.2, 0.25) is 0 Å². The first-order chi connectivity index (χ1) is 15.1. The van der Waals surface area contributed by atoms with Crippen molar-refractivity contribution in [1.29, 1.82) is 0 Å². The second-order valence-electron chi connectivity index (χ2n) is 11.5. The molecule has 0 spiro atoms. The molecule has 3 atom stereocenters. The fourth-order valence-corrected chi connectivity index (χ4v) is 5.62. The maximum atomic E-state index is 12.7. The normalized spacial score (nSPS) is 28.5. The van der Waals surface area contributed by atoms with E-state index < -0.39 is 5.60 Å². The molecule has 0 aromatic rings. The number of carbonyl (C=O) groups is 1. The number of aliphatic imine (C=N–C) groups is 1. The maximum Gasteiger partial charge on any atom is 0.410 e. The molecule has 192 valence electrons. The topological polar surface area (TPSA) is 69.2 Å². The summed E-state index contributed by atoms with van der Waals surface area (Å²) in [4.78, 5) is 22.3. The zero-order chi connectivity index (χ0) is 23.3. The molecule has 3 unspecified atom stereocenters. The Morgan fingerprint density at radius 3 is 2.39 bits per heavy atom. The van der Waals surface area contributed by atoms with Crippen molar-refractivity contribution in [3.63, 3.8) is 0 Å². The van der Waals surface area contributed by atoms with Gasteiger partial charge in [-0.1, -0.05) is 13.8 Å². The number of halogens is 1. The monoisotopic (exact) mass is 577 g/mol. The van der Waals surface area contributed by atoms with Crippen molar-refractivity contribution in [2.45, 2.75) is 104 Å². The first-order valence-corrected chi connectivity index (χ1v) is 12.9. The van der Waals surface area contributed by atoms with E-state index >= 15 is 0 Å². The van der Waals surface area contributed by atoms with Crippen LogP contribution in [0.1, 0.15) is 80.1 Å². The van der Waals surface area contributed by atoms with Gasteiger partial charge in [0.2, 0.25) is 0 Å². The molecule has 2 bridgehead atoms. The molecule has 3 heterocycles. The number of hydrogen-bond acceptors (Lipinski definition) is 4. The van der Waals surface area contributed by atoms with Crippen LogP contribution in [0.15, 0.2) is 4.99 Å². The van der Waals surface area contributed by atoms with E-state index in [1.54, 1.807) is 0 Å². The van der Waals surface area contributed by atoms with Crippen LogP contribution in [-0.4, -0.2) is 78.3 Å². The van der Waals surface area contributed by atoms with E-state index in [9.17, 15) is 4.79 Å². The Labute approximate surface area is 218 Å². The number of hydrogen-bond donors (Lipinski definition) is 2. The molecule has 0 aliphatic carbocycles. The summed E-state index contributed by atoms with van der Waals surface area (Å²) in [7, 11) is 0. The average molecular weight is 578 g/mol. The van der Waals surface area contributed by atoms with Gasteiger partial charge in [0.05, 0.1) is 0 Å². The molecule has 0 radical (unpaired) electrons. The number of carbonyl (C=O) groups excluding carboxylic acids is 1. The molecule has 3 aliphatic heterocycles. The van der Waals surface area contributed by atoms with Gasteiger partial charge < -0.3 is 25.2 Å². The van der Waals surface area contributed by atoms with Crippen LogP contribution in [0.3, 0.4) is 0 Å². The summed E-state index contributed by atoms with van der Waals surface area (Å²) in [6.45, 7) is 17.9. The van der Waals surface area contributed by atoms with E-state index in [4.69, 9.17) is 9.73 Å². The lowest BCUT2D eigenvalue weighted by atomic mass is 9.97. The minimum atomic E-state index is -0.444. The van der Waals surface area contributed by atoms with Crippen LogP contribution >= 0.6 is 24.0 Å². The highest BCUT2D eigenvalue weighted by molar-refractivity contribution is 14.0. The number of rotatable bonds is 6. The Hall–Kier alpha value is -0.770. The molecule has 2 N–H and O–H groups in total. The summed E-state index contributed by atoms with van der Waals surface area (Å²) >= 11 is 0. The molecule has 3 fully saturated rings. The first-order valence-electron chi connectivity index (χ1n) is 12.9. The Morgan fingerprint density at radius 1 is 1.15 bits per heavy atom. The van der Waals surface area contributed by atoms with Gasteiger partial charge in [0.1, 0.15) is 5.60 Å². The minimum Gasteiger partial charge on any atom is -0.444 e. The molecule has 0 saturated carbocycles. The van der Waals surface area contributed by atoms with Crippen molar-refractivity contribution >= 4 is 36.0 Å². The molecule has 3 rings (SSSR count). The lowest BCUT2D eigenvalue weighted by Gasteiger charge is -2.40. The molecule has 3 aliphatic rings. The quantitative estimate of drug-likeness (QED) is 0.277. The van der Waals surface area contributed by atoms with Gasteiger partial charge in [0, 0.05) is 44.3 Å². The van der Waals surface area contributed by atoms with Crippen molar-refractivity contribution in [3.8, 4) is 0 Å². The summed E-state index contributed by atoms with van der Waals surface area (Å²) in [6, 6.07) is 0.895. The number of fused-ring (bicyclic) bond motifs is 2. The van der Waals surface area contributed by atoms with Gasteiger partial charge in [-0.05, 0) is 84.6 Å². The molecule has 3 saturated heterocycles. The van der Waals surface area contributed by atoms with E-state index in [-0.39, 0.29) is 42.2 Å². The molecule has 7 nitrogen and oxygen atoms in total. The SMILES string of the molecule is CCNC(=NCC1CCCN(CC(C)C)C1)NC1CC2CCC(C1)N2C(=O)OC(C)(C)C.I. The second-order valence-corrected chi connectivity index (χ2v) is 11.5. The minimum absolute atomic E-state index is 0. The molecule has 8 heteroatoms. The van der Waals surface area contributed by atoms with E-state index in [1.165, 1.54) is 32.5 Å². The lowest BCUT2D eigenvalue weighted by Crippen LogP contribution is -2.55. The van der Waals surface area contributed by atoms with E-state index in [0.29, 0.717) is 12.0 Å². The number of nitrogens with one attached hydrogen (secondary N) is 2. The third-order valence-electron chi connectivity index (χ3n) is 6.76. The summed E-state index contributed by atoms with van der Waals surface area (Å²) in [5, 5.41) is 7.14. The summed E-state index contributed by atoms with van der Waals surface area (Å²) < 4.78 is 5.68. The van der Waals surface area contributed by atoms with E-state index in [1.807, 2.05) is 25.7 Å². The molecular formula is C25H48IN5O2. The highest BCUT2D eigenvalue weighted by atomic mass is 127. The van der Waals surface area contributed by atoms with Crippen molar-refractivity contribution < 1.29 is 9.53 Å². The Kier molecular flexibility index (Phi) is 11.0. The Morgan fingerprint density at radius 2 is 1.82 bits per heavy atom. The van der Waals surface area contributed by atoms with Crippen LogP contribution in [0, 0.1) is 11.8 Å². The third kappa shape index (κ3) is 8.75. The largest absolute Gasteiger partial charge is 0.444 e. The number of piperidine rings is 2. The average Bonchev–Trinajstić information content (AvgIpc) is 2.96. The second kappa shape index (κ2) is 12.8. The zero-order valence-electron chi connectivity index (χ0n) is 21.7. The van der Waals surface area contributed by atoms with Gasteiger partial charge in [-0.2, -0.15) is 0 Å². The molecule has 1 amide bonds. The molecule has 33 heavy (non-hydrogen) atoms. The van der Waals surface area contributed by atoms with Crippen LogP contribution in [-0.2, 0) is 4.74 Å². The predicted molar refractivity (Wildman–Crippen MR) is 146 cm³/mol. The number of amides is 1. The number of guanidine groups is 1. The van der Waals surface area contributed by atoms with Gasteiger partial charge in [-0.25, -0.2) is 4.79 Å². The molecule has 0 aromatic carbocycles. The zero-order valence-corrected chi connectivity index (χ0v) is 24.1. The number of nitrogens with zero attached hydrogens (tertiary/aromatic N) is 3. The smallest absolute Gasteiger partial charge is 0.410 e. The summed E-state index contributed by atoms with van der Waals surface area (Å²) in [5.41, 5.74) is -0.444. The van der Waals surface area contributed by atoms with Gasteiger partial charge >= 0.3 is 6.09 Å². The highest BCUT2D eigenvalue weighted by Gasteiger charge is 2.45.